The third-order valence-electron chi connectivity index (χ3n) is 4.00. The largest absolute Gasteiger partial charge is 0.468 e. The van der Waals surface area contributed by atoms with Crippen molar-refractivity contribution >= 4 is 0 Å². The Labute approximate surface area is 119 Å². The predicted molar refractivity (Wildman–Crippen MR) is 77.1 cm³/mol. The van der Waals surface area contributed by atoms with Crippen LogP contribution in [0.5, 0.6) is 0 Å². The maximum atomic E-state index is 5.38. The second kappa shape index (κ2) is 6.77. The summed E-state index contributed by atoms with van der Waals surface area (Å²) >= 11 is 0. The van der Waals surface area contributed by atoms with Gasteiger partial charge in [-0.15, -0.1) is 0 Å². The van der Waals surface area contributed by atoms with Gasteiger partial charge in [0.2, 0.25) is 0 Å². The summed E-state index contributed by atoms with van der Waals surface area (Å²) in [7, 11) is 0. The summed E-state index contributed by atoms with van der Waals surface area (Å²) < 4.78 is 10.8. The second-order valence-corrected chi connectivity index (χ2v) is 5.42. The van der Waals surface area contributed by atoms with Crippen LogP contribution in [0, 0.1) is 0 Å². The Morgan fingerprint density at radius 3 is 1.75 bits per heavy atom. The molecule has 108 valence electrons. The van der Waals surface area contributed by atoms with Crippen LogP contribution in [-0.4, -0.2) is 12.1 Å². The van der Waals surface area contributed by atoms with E-state index < -0.39 is 0 Å². The molecule has 1 aliphatic carbocycles. The third-order valence-corrected chi connectivity index (χ3v) is 4.00. The van der Waals surface area contributed by atoms with Crippen molar-refractivity contribution in [2.24, 2.45) is 0 Å². The van der Waals surface area contributed by atoms with E-state index in [4.69, 9.17) is 8.83 Å². The molecule has 0 amide bonds. The summed E-state index contributed by atoms with van der Waals surface area (Å²) in [6.07, 6.45) is 8.49. The molecule has 2 aromatic heterocycles. The molecular weight excluding hydrogens is 252 g/mol. The average Bonchev–Trinajstić information content (AvgIpc) is 3.17. The summed E-state index contributed by atoms with van der Waals surface area (Å²) in [5.74, 6) is 2.00. The van der Waals surface area contributed by atoms with Gasteiger partial charge in [0.25, 0.3) is 0 Å². The van der Waals surface area contributed by atoms with Gasteiger partial charge in [0.05, 0.1) is 25.6 Å². The Balaban J connectivity index is 1.50. The van der Waals surface area contributed by atoms with Crippen molar-refractivity contribution in [2.45, 2.75) is 50.9 Å². The van der Waals surface area contributed by atoms with Crippen LogP contribution < -0.4 is 10.6 Å². The lowest BCUT2D eigenvalue weighted by Crippen LogP contribution is -2.49. The van der Waals surface area contributed by atoms with Crippen molar-refractivity contribution in [1.82, 2.24) is 10.6 Å². The zero-order valence-corrected chi connectivity index (χ0v) is 11.7. The highest BCUT2D eigenvalue weighted by atomic mass is 16.3. The molecule has 1 fully saturated rings. The quantitative estimate of drug-likeness (QED) is 0.850. The minimum atomic E-state index is 0.504. The number of furan rings is 2. The molecule has 0 radical (unpaired) electrons. The third kappa shape index (κ3) is 3.52. The van der Waals surface area contributed by atoms with Crippen LogP contribution in [-0.2, 0) is 13.1 Å². The monoisotopic (exact) mass is 274 g/mol. The molecule has 0 aromatic carbocycles. The fraction of sp³-hybridized carbons (Fsp3) is 0.500. The molecule has 0 spiro atoms. The molecule has 2 unspecified atom stereocenters. The van der Waals surface area contributed by atoms with Crippen molar-refractivity contribution in [3.05, 3.63) is 48.3 Å². The molecule has 2 heterocycles. The van der Waals surface area contributed by atoms with Crippen LogP contribution >= 0.6 is 0 Å². The number of hydrogen-bond acceptors (Lipinski definition) is 4. The van der Waals surface area contributed by atoms with Crippen molar-refractivity contribution < 1.29 is 8.83 Å². The first-order valence-corrected chi connectivity index (χ1v) is 7.43. The van der Waals surface area contributed by atoms with Crippen LogP contribution in [0.2, 0.25) is 0 Å². The van der Waals surface area contributed by atoms with Crippen LogP contribution in [0.3, 0.4) is 0 Å². The van der Waals surface area contributed by atoms with Gasteiger partial charge in [-0.2, -0.15) is 0 Å². The molecule has 2 N–H and O–H groups in total. The number of nitrogens with one attached hydrogen (secondary N) is 2. The molecule has 1 aliphatic rings. The van der Waals surface area contributed by atoms with Gasteiger partial charge in [-0.1, -0.05) is 12.8 Å². The highest BCUT2D eigenvalue weighted by Crippen LogP contribution is 2.19. The molecule has 0 saturated heterocycles. The van der Waals surface area contributed by atoms with E-state index in [9.17, 15) is 0 Å². The molecule has 3 rings (SSSR count). The van der Waals surface area contributed by atoms with Gasteiger partial charge in [0.15, 0.2) is 0 Å². The smallest absolute Gasteiger partial charge is 0.117 e. The van der Waals surface area contributed by atoms with Gasteiger partial charge >= 0.3 is 0 Å². The zero-order chi connectivity index (χ0) is 13.6. The molecule has 0 bridgehead atoms. The fourth-order valence-corrected chi connectivity index (χ4v) is 2.91. The summed E-state index contributed by atoms with van der Waals surface area (Å²) in [4.78, 5) is 0. The summed E-state index contributed by atoms with van der Waals surface area (Å²) in [6.45, 7) is 1.60. The Morgan fingerprint density at radius 1 is 0.850 bits per heavy atom. The Hall–Kier alpha value is -1.52. The zero-order valence-electron chi connectivity index (χ0n) is 11.7. The Kier molecular flexibility index (Phi) is 4.56. The highest BCUT2D eigenvalue weighted by Gasteiger charge is 2.24. The van der Waals surface area contributed by atoms with E-state index in [1.165, 1.54) is 25.7 Å². The van der Waals surface area contributed by atoms with Crippen LogP contribution in [0.4, 0.5) is 0 Å². The molecule has 1 saturated carbocycles. The molecule has 4 nitrogen and oxygen atoms in total. The van der Waals surface area contributed by atoms with Gasteiger partial charge < -0.3 is 19.5 Å². The minimum absolute atomic E-state index is 0.504. The lowest BCUT2D eigenvalue weighted by atomic mass is 9.90. The summed E-state index contributed by atoms with van der Waals surface area (Å²) in [5, 5.41) is 7.23. The maximum absolute atomic E-state index is 5.38. The standard InChI is InChI=1S/C16H22N2O2/c1-2-8-16(18-12-14-6-4-10-20-14)15(7-1)17-11-13-5-3-9-19-13/h3-6,9-10,15-18H,1-2,7-8,11-12H2. The van der Waals surface area contributed by atoms with Crippen molar-refractivity contribution in [3.63, 3.8) is 0 Å². The van der Waals surface area contributed by atoms with Gasteiger partial charge in [-0.05, 0) is 37.1 Å². The van der Waals surface area contributed by atoms with Crippen LogP contribution in [0.1, 0.15) is 37.2 Å². The number of hydrogen-bond donors (Lipinski definition) is 2. The second-order valence-electron chi connectivity index (χ2n) is 5.42. The van der Waals surface area contributed by atoms with E-state index in [1.54, 1.807) is 12.5 Å². The summed E-state index contributed by atoms with van der Waals surface area (Å²) in [5.41, 5.74) is 0. The van der Waals surface area contributed by atoms with Gasteiger partial charge in [0, 0.05) is 12.1 Å². The van der Waals surface area contributed by atoms with Crippen molar-refractivity contribution in [3.8, 4) is 0 Å². The lowest BCUT2D eigenvalue weighted by molar-refractivity contribution is 0.270. The maximum Gasteiger partial charge on any atom is 0.117 e. The van der Waals surface area contributed by atoms with E-state index in [0.717, 1.165) is 24.6 Å². The molecule has 2 atom stereocenters. The first kappa shape index (κ1) is 13.5. The van der Waals surface area contributed by atoms with E-state index in [-0.39, 0.29) is 0 Å². The molecular formula is C16H22N2O2. The first-order valence-electron chi connectivity index (χ1n) is 7.43. The fourth-order valence-electron chi connectivity index (χ4n) is 2.91. The molecule has 20 heavy (non-hydrogen) atoms. The normalized spacial score (nSPS) is 23.0. The van der Waals surface area contributed by atoms with E-state index in [2.05, 4.69) is 10.6 Å². The Bertz CT molecular complexity index is 432. The van der Waals surface area contributed by atoms with E-state index in [1.807, 2.05) is 24.3 Å². The average molecular weight is 274 g/mol. The van der Waals surface area contributed by atoms with Crippen molar-refractivity contribution in [2.75, 3.05) is 0 Å². The van der Waals surface area contributed by atoms with E-state index in [0.29, 0.717) is 12.1 Å². The molecule has 2 aromatic rings. The van der Waals surface area contributed by atoms with E-state index >= 15 is 0 Å². The predicted octanol–water partition coefficient (Wildman–Crippen LogP) is 3.06. The summed E-state index contributed by atoms with van der Waals surface area (Å²) in [6, 6.07) is 8.91. The van der Waals surface area contributed by atoms with Crippen molar-refractivity contribution in [1.29, 1.82) is 0 Å². The first-order chi connectivity index (χ1) is 9.92. The topological polar surface area (TPSA) is 50.3 Å². The van der Waals surface area contributed by atoms with Gasteiger partial charge in [-0.3, -0.25) is 0 Å². The van der Waals surface area contributed by atoms with Gasteiger partial charge in [0.1, 0.15) is 11.5 Å². The highest BCUT2D eigenvalue weighted by molar-refractivity contribution is 5.00. The molecule has 4 heteroatoms. The van der Waals surface area contributed by atoms with Crippen LogP contribution in [0.15, 0.2) is 45.6 Å². The Morgan fingerprint density at radius 2 is 1.35 bits per heavy atom. The minimum Gasteiger partial charge on any atom is -0.468 e. The number of rotatable bonds is 6. The molecule has 0 aliphatic heterocycles. The SMILES string of the molecule is c1coc(CNC2CCCCC2NCc2ccco2)c1. The van der Waals surface area contributed by atoms with Crippen LogP contribution in [0.25, 0.3) is 0 Å². The van der Waals surface area contributed by atoms with Gasteiger partial charge in [-0.25, -0.2) is 0 Å². The lowest BCUT2D eigenvalue weighted by Gasteiger charge is -2.32.